The van der Waals surface area contributed by atoms with E-state index in [1.54, 1.807) is 18.2 Å². The van der Waals surface area contributed by atoms with Crippen molar-refractivity contribution in [1.29, 1.82) is 0 Å². The van der Waals surface area contributed by atoms with Gasteiger partial charge >= 0.3 is 0 Å². The first kappa shape index (κ1) is 26.2. The van der Waals surface area contributed by atoms with Gasteiger partial charge in [-0.05, 0) is 49.6 Å². The highest BCUT2D eigenvalue weighted by atomic mass is 35.5. The molecule has 1 aromatic carbocycles. The molecular formula is C24H29ClN6O3S. The molecule has 0 aliphatic carbocycles. The minimum Gasteiger partial charge on any atom is -0.492 e. The summed E-state index contributed by atoms with van der Waals surface area (Å²) in [5, 5.41) is 14.7. The molecule has 0 fully saturated rings. The molecule has 0 aliphatic heterocycles. The Labute approximate surface area is 213 Å². The Morgan fingerprint density at radius 3 is 2.20 bits per heavy atom. The van der Waals surface area contributed by atoms with Crippen molar-refractivity contribution in [2.45, 2.75) is 20.8 Å². The maximum Gasteiger partial charge on any atom is 0.265 e. The number of benzene rings is 1. The number of nitrogens with one attached hydrogen (secondary N) is 4. The molecule has 186 valence electrons. The first-order valence-corrected chi connectivity index (χ1v) is 12.5. The fraction of sp³-hybridized carbons (Fsp3) is 0.333. The summed E-state index contributed by atoms with van der Waals surface area (Å²) in [6.07, 6.45) is 0. The van der Waals surface area contributed by atoms with Crippen LogP contribution in [0.15, 0.2) is 35.7 Å². The van der Waals surface area contributed by atoms with Gasteiger partial charge in [0.15, 0.2) is 5.82 Å². The molecule has 3 aromatic rings. The number of ether oxygens (including phenoxy) is 1. The highest BCUT2D eigenvalue weighted by Gasteiger charge is 2.15. The molecule has 4 N–H and O–H groups in total. The Hall–Kier alpha value is -3.37. The predicted octanol–water partition coefficient (Wildman–Crippen LogP) is 3.96. The van der Waals surface area contributed by atoms with Crippen LogP contribution in [-0.4, -0.2) is 54.6 Å². The molecule has 0 radical (unpaired) electrons. The van der Waals surface area contributed by atoms with Crippen molar-refractivity contribution < 1.29 is 14.3 Å². The molecule has 11 heteroatoms. The third-order valence-corrected chi connectivity index (χ3v) is 6.02. The van der Waals surface area contributed by atoms with Crippen molar-refractivity contribution in [2.24, 2.45) is 0 Å². The van der Waals surface area contributed by atoms with E-state index >= 15 is 0 Å². The van der Waals surface area contributed by atoms with E-state index in [0.717, 1.165) is 11.1 Å². The van der Waals surface area contributed by atoms with Crippen LogP contribution in [0.3, 0.4) is 0 Å². The number of aromatic nitrogens is 2. The van der Waals surface area contributed by atoms with Crippen LogP contribution in [0.5, 0.6) is 5.75 Å². The van der Waals surface area contributed by atoms with Gasteiger partial charge in [0.1, 0.15) is 22.3 Å². The van der Waals surface area contributed by atoms with Crippen molar-refractivity contribution in [3.05, 3.63) is 51.2 Å². The fourth-order valence-electron chi connectivity index (χ4n) is 3.18. The molecule has 0 atom stereocenters. The lowest BCUT2D eigenvalue weighted by Crippen LogP contribution is -2.29. The van der Waals surface area contributed by atoms with Crippen LogP contribution >= 0.6 is 22.9 Å². The van der Waals surface area contributed by atoms with Crippen LogP contribution in [0.2, 0.25) is 5.02 Å². The predicted molar refractivity (Wildman–Crippen MR) is 141 cm³/mol. The third-order valence-electron chi connectivity index (χ3n) is 4.88. The van der Waals surface area contributed by atoms with Gasteiger partial charge in [-0.2, -0.15) is 0 Å². The quantitative estimate of drug-likeness (QED) is 0.269. The Kier molecular flexibility index (Phi) is 9.68. The minimum absolute atomic E-state index is 0.0895. The third kappa shape index (κ3) is 7.56. The number of thiophene rings is 1. The van der Waals surface area contributed by atoms with Gasteiger partial charge in [0.2, 0.25) is 5.91 Å². The van der Waals surface area contributed by atoms with E-state index < -0.39 is 0 Å². The zero-order valence-corrected chi connectivity index (χ0v) is 21.5. The summed E-state index contributed by atoms with van der Waals surface area (Å²) in [6.45, 7) is 7.61. The lowest BCUT2D eigenvalue weighted by atomic mass is 10.2. The topological polar surface area (TPSA) is 117 Å². The van der Waals surface area contributed by atoms with Crippen LogP contribution in [0.1, 0.15) is 29.1 Å². The van der Waals surface area contributed by atoms with Gasteiger partial charge in [-0.3, -0.25) is 9.59 Å². The highest BCUT2D eigenvalue weighted by molar-refractivity contribution is 7.12. The molecule has 0 bridgehead atoms. The number of halogens is 1. The summed E-state index contributed by atoms with van der Waals surface area (Å²) < 4.78 is 5.50. The van der Waals surface area contributed by atoms with E-state index in [-0.39, 0.29) is 11.8 Å². The molecule has 2 aromatic heterocycles. The fourth-order valence-corrected chi connectivity index (χ4v) is 4.05. The number of amides is 2. The molecule has 2 heterocycles. The standard InChI is InChI=1S/C24H29ClN6O3S/c1-4-34-19-9-14-35-20(19)24(33)29-13-12-28-22-15(2)21(27-11-10-26-16(3)32)30-23(31-22)17-5-7-18(25)8-6-17/h5-9,14H,4,10-13H2,1-3H3,(H,26,32)(H,29,33)(H2,27,28,30,31). The van der Waals surface area contributed by atoms with Gasteiger partial charge in [-0.15, -0.1) is 11.3 Å². The van der Waals surface area contributed by atoms with E-state index in [0.29, 0.717) is 65.9 Å². The second-order valence-electron chi connectivity index (χ2n) is 7.52. The smallest absolute Gasteiger partial charge is 0.265 e. The number of hydrogen-bond acceptors (Lipinski definition) is 8. The van der Waals surface area contributed by atoms with Gasteiger partial charge in [0, 0.05) is 49.3 Å². The lowest BCUT2D eigenvalue weighted by molar-refractivity contribution is -0.118. The Morgan fingerprint density at radius 1 is 0.971 bits per heavy atom. The zero-order chi connectivity index (χ0) is 25.2. The first-order chi connectivity index (χ1) is 16.9. The maximum absolute atomic E-state index is 12.5. The Morgan fingerprint density at radius 2 is 1.60 bits per heavy atom. The van der Waals surface area contributed by atoms with Crippen molar-refractivity contribution in [1.82, 2.24) is 20.6 Å². The SMILES string of the molecule is CCOc1ccsc1C(=O)NCCNc1nc(-c2ccc(Cl)cc2)nc(NCCNC(C)=O)c1C. The van der Waals surface area contributed by atoms with Crippen molar-refractivity contribution in [3.63, 3.8) is 0 Å². The molecule has 35 heavy (non-hydrogen) atoms. The average molecular weight is 517 g/mol. The Bertz CT molecular complexity index is 1150. The summed E-state index contributed by atoms with van der Waals surface area (Å²) in [4.78, 5) is 33.6. The summed E-state index contributed by atoms with van der Waals surface area (Å²) in [7, 11) is 0. The first-order valence-electron chi connectivity index (χ1n) is 11.2. The van der Waals surface area contributed by atoms with Gasteiger partial charge in [-0.1, -0.05) is 11.6 Å². The van der Waals surface area contributed by atoms with Crippen LogP contribution in [0.4, 0.5) is 11.6 Å². The summed E-state index contributed by atoms with van der Waals surface area (Å²) >= 11 is 7.38. The largest absolute Gasteiger partial charge is 0.492 e. The molecular weight excluding hydrogens is 488 g/mol. The maximum atomic E-state index is 12.5. The molecule has 0 unspecified atom stereocenters. The summed E-state index contributed by atoms with van der Waals surface area (Å²) in [5.74, 6) is 2.16. The Balaban J connectivity index is 1.69. The molecule has 3 rings (SSSR count). The van der Waals surface area contributed by atoms with Gasteiger partial charge in [-0.25, -0.2) is 9.97 Å². The number of anilines is 2. The summed E-state index contributed by atoms with van der Waals surface area (Å²) in [5.41, 5.74) is 1.64. The van der Waals surface area contributed by atoms with Crippen molar-refractivity contribution in [3.8, 4) is 17.1 Å². The van der Waals surface area contributed by atoms with E-state index in [2.05, 4.69) is 31.2 Å². The van der Waals surface area contributed by atoms with E-state index in [1.807, 2.05) is 31.4 Å². The van der Waals surface area contributed by atoms with Crippen LogP contribution < -0.4 is 26.0 Å². The van der Waals surface area contributed by atoms with Crippen LogP contribution in [0, 0.1) is 6.92 Å². The van der Waals surface area contributed by atoms with Crippen molar-refractivity contribution >= 4 is 46.4 Å². The van der Waals surface area contributed by atoms with Crippen LogP contribution in [0.25, 0.3) is 11.4 Å². The molecule has 0 spiro atoms. The number of hydrogen-bond donors (Lipinski definition) is 4. The molecule has 0 saturated heterocycles. The minimum atomic E-state index is -0.174. The number of carbonyl (C=O) groups is 2. The summed E-state index contributed by atoms with van der Waals surface area (Å²) in [6, 6.07) is 9.08. The van der Waals surface area contributed by atoms with E-state index in [1.165, 1.54) is 18.3 Å². The second kappa shape index (κ2) is 12.9. The molecule has 0 saturated carbocycles. The molecule has 0 aliphatic rings. The highest BCUT2D eigenvalue weighted by Crippen LogP contribution is 2.26. The van der Waals surface area contributed by atoms with Gasteiger partial charge in [0.05, 0.1) is 6.61 Å². The molecule has 2 amide bonds. The lowest BCUT2D eigenvalue weighted by Gasteiger charge is -2.16. The van der Waals surface area contributed by atoms with Gasteiger partial charge < -0.3 is 26.0 Å². The second-order valence-corrected chi connectivity index (χ2v) is 8.87. The average Bonchev–Trinajstić information content (AvgIpc) is 3.30. The van der Waals surface area contributed by atoms with Gasteiger partial charge in [0.25, 0.3) is 5.91 Å². The monoisotopic (exact) mass is 516 g/mol. The van der Waals surface area contributed by atoms with E-state index in [9.17, 15) is 9.59 Å². The van der Waals surface area contributed by atoms with Crippen LogP contribution in [-0.2, 0) is 4.79 Å². The normalized spacial score (nSPS) is 10.5. The number of nitrogens with zero attached hydrogens (tertiary/aromatic N) is 2. The van der Waals surface area contributed by atoms with Crippen molar-refractivity contribution in [2.75, 3.05) is 43.4 Å². The number of carbonyl (C=O) groups excluding carboxylic acids is 2. The van der Waals surface area contributed by atoms with E-state index in [4.69, 9.17) is 16.3 Å². The molecule has 9 nitrogen and oxygen atoms in total. The number of rotatable bonds is 12. The zero-order valence-electron chi connectivity index (χ0n) is 19.9.